The third-order valence-electron chi connectivity index (χ3n) is 5.47. The summed E-state index contributed by atoms with van der Waals surface area (Å²) in [6.07, 6.45) is 0. The van der Waals surface area contributed by atoms with Crippen molar-refractivity contribution in [1.29, 1.82) is 0 Å². The van der Waals surface area contributed by atoms with Gasteiger partial charge in [0.1, 0.15) is 11.6 Å². The molecule has 5 aromatic rings. The maximum absolute atomic E-state index is 5.91. The summed E-state index contributed by atoms with van der Waals surface area (Å²) in [6.45, 7) is 0.620. The zero-order valence-electron chi connectivity index (χ0n) is 19.2. The Morgan fingerprint density at radius 1 is 0.853 bits per heavy atom. The number of methoxy groups -OCH3 is 1. The number of hydrogen-bond acceptors (Lipinski definition) is 8. The van der Waals surface area contributed by atoms with E-state index in [4.69, 9.17) is 14.1 Å². The van der Waals surface area contributed by atoms with Crippen molar-refractivity contribution in [3.8, 4) is 28.9 Å². The van der Waals surface area contributed by atoms with Gasteiger partial charge in [-0.05, 0) is 54.1 Å². The molecule has 1 N–H and O–H groups in total. The number of anilines is 2. The van der Waals surface area contributed by atoms with E-state index in [1.807, 2.05) is 62.6 Å². The van der Waals surface area contributed by atoms with Crippen LogP contribution in [0.4, 0.5) is 11.5 Å². The van der Waals surface area contributed by atoms with Crippen LogP contribution in [0.25, 0.3) is 34.1 Å². The first-order valence-electron chi connectivity index (χ1n) is 10.9. The summed E-state index contributed by atoms with van der Waals surface area (Å²) in [6, 6.07) is 23.7. The maximum Gasteiger partial charge on any atom is 0.286 e. The molecule has 8 heteroatoms. The molecule has 34 heavy (non-hydrogen) atoms. The molecule has 0 unspecified atom stereocenters. The molecule has 5 rings (SSSR count). The third-order valence-corrected chi connectivity index (χ3v) is 5.47. The molecule has 0 aliphatic rings. The molecule has 0 atom stereocenters. The first-order chi connectivity index (χ1) is 16.6. The highest BCUT2D eigenvalue weighted by Crippen LogP contribution is 2.27. The van der Waals surface area contributed by atoms with E-state index in [1.165, 1.54) is 0 Å². The van der Waals surface area contributed by atoms with E-state index in [0.717, 1.165) is 33.5 Å². The van der Waals surface area contributed by atoms with Crippen LogP contribution in [-0.4, -0.2) is 41.4 Å². The smallest absolute Gasteiger partial charge is 0.286 e. The molecular formula is C26H24N6O2. The van der Waals surface area contributed by atoms with Crippen LogP contribution in [0.3, 0.4) is 0 Å². The van der Waals surface area contributed by atoms with Gasteiger partial charge < -0.3 is 19.4 Å². The van der Waals surface area contributed by atoms with Crippen LogP contribution in [0.1, 0.15) is 5.56 Å². The van der Waals surface area contributed by atoms with Gasteiger partial charge in [0, 0.05) is 37.3 Å². The number of nitrogens with zero attached hydrogens (tertiary/aromatic N) is 5. The van der Waals surface area contributed by atoms with E-state index in [1.54, 1.807) is 7.11 Å². The summed E-state index contributed by atoms with van der Waals surface area (Å²) in [5.74, 6) is 2.49. The fourth-order valence-electron chi connectivity index (χ4n) is 3.57. The Kier molecular flexibility index (Phi) is 5.78. The Labute approximate surface area is 197 Å². The molecule has 0 aliphatic carbocycles. The van der Waals surface area contributed by atoms with Crippen molar-refractivity contribution in [2.45, 2.75) is 6.54 Å². The molecular weight excluding hydrogens is 428 g/mol. The van der Waals surface area contributed by atoms with Crippen LogP contribution in [0, 0.1) is 0 Å². The van der Waals surface area contributed by atoms with Crippen LogP contribution in [-0.2, 0) is 6.54 Å². The van der Waals surface area contributed by atoms with Gasteiger partial charge in [-0.1, -0.05) is 24.3 Å². The second-order valence-corrected chi connectivity index (χ2v) is 7.97. The van der Waals surface area contributed by atoms with Gasteiger partial charge in [0.25, 0.3) is 5.89 Å². The number of aromatic nitrogens is 4. The van der Waals surface area contributed by atoms with E-state index < -0.39 is 0 Å². The van der Waals surface area contributed by atoms with Gasteiger partial charge in [0.05, 0.1) is 12.6 Å². The standard InChI is InChI=1S/C26H24N6O2/c1-32(2)19-12-8-17(9-13-19)16-27-23-21-6-4-5-7-22(21)28-24(29-23)26-31-30-25(34-26)18-10-14-20(33-3)15-11-18/h4-15H,16H2,1-3H3,(H,27,28,29). The van der Waals surface area contributed by atoms with Gasteiger partial charge in [-0.15, -0.1) is 10.2 Å². The molecule has 0 fully saturated rings. The van der Waals surface area contributed by atoms with Gasteiger partial charge in [-0.2, -0.15) is 0 Å². The second-order valence-electron chi connectivity index (χ2n) is 7.97. The van der Waals surface area contributed by atoms with Crippen LogP contribution < -0.4 is 15.0 Å². The summed E-state index contributed by atoms with van der Waals surface area (Å²) in [5, 5.41) is 12.7. The van der Waals surface area contributed by atoms with Crippen molar-refractivity contribution in [2.75, 3.05) is 31.4 Å². The highest BCUT2D eigenvalue weighted by atomic mass is 16.5. The quantitative estimate of drug-likeness (QED) is 0.368. The summed E-state index contributed by atoms with van der Waals surface area (Å²) >= 11 is 0. The van der Waals surface area contributed by atoms with Crippen LogP contribution in [0.5, 0.6) is 5.75 Å². The number of hydrogen-bond donors (Lipinski definition) is 1. The average molecular weight is 453 g/mol. The lowest BCUT2D eigenvalue weighted by atomic mass is 10.2. The molecule has 2 aromatic heterocycles. The summed E-state index contributed by atoms with van der Waals surface area (Å²) in [7, 11) is 5.68. The predicted octanol–water partition coefficient (Wildman–Crippen LogP) is 5.03. The van der Waals surface area contributed by atoms with Crippen molar-refractivity contribution in [3.05, 3.63) is 78.4 Å². The fourth-order valence-corrected chi connectivity index (χ4v) is 3.57. The first-order valence-corrected chi connectivity index (χ1v) is 10.9. The summed E-state index contributed by atoms with van der Waals surface area (Å²) in [5.41, 5.74) is 3.89. The Hall–Kier alpha value is -4.46. The SMILES string of the molecule is COc1ccc(-c2nnc(-c3nc(NCc4ccc(N(C)C)cc4)c4ccccc4n3)o2)cc1. The molecule has 3 aromatic carbocycles. The Balaban J connectivity index is 1.44. The number of rotatable bonds is 7. The average Bonchev–Trinajstić information content (AvgIpc) is 3.38. The van der Waals surface area contributed by atoms with Crippen molar-refractivity contribution in [3.63, 3.8) is 0 Å². The molecule has 0 spiro atoms. The topological polar surface area (TPSA) is 89.2 Å². The highest BCUT2D eigenvalue weighted by molar-refractivity contribution is 5.90. The minimum Gasteiger partial charge on any atom is -0.497 e. The van der Waals surface area contributed by atoms with E-state index in [0.29, 0.717) is 24.1 Å². The van der Waals surface area contributed by atoms with E-state index >= 15 is 0 Å². The lowest BCUT2D eigenvalue weighted by molar-refractivity contribution is 0.415. The molecule has 170 valence electrons. The summed E-state index contributed by atoms with van der Waals surface area (Å²) in [4.78, 5) is 11.4. The van der Waals surface area contributed by atoms with Crippen molar-refractivity contribution < 1.29 is 9.15 Å². The van der Waals surface area contributed by atoms with Crippen molar-refractivity contribution >= 4 is 22.4 Å². The van der Waals surface area contributed by atoms with Crippen LogP contribution in [0.15, 0.2) is 77.2 Å². The highest BCUT2D eigenvalue weighted by Gasteiger charge is 2.16. The number of benzene rings is 3. The van der Waals surface area contributed by atoms with Crippen LogP contribution >= 0.6 is 0 Å². The Morgan fingerprint density at radius 3 is 2.32 bits per heavy atom. The zero-order chi connectivity index (χ0) is 23.5. The monoisotopic (exact) mass is 452 g/mol. The normalized spacial score (nSPS) is 10.9. The van der Waals surface area contributed by atoms with E-state index in [2.05, 4.69) is 49.7 Å². The zero-order valence-corrected chi connectivity index (χ0v) is 19.2. The molecule has 0 saturated heterocycles. The lowest BCUT2D eigenvalue weighted by Crippen LogP contribution is -2.09. The van der Waals surface area contributed by atoms with E-state index in [-0.39, 0.29) is 5.89 Å². The lowest BCUT2D eigenvalue weighted by Gasteiger charge is -2.13. The number of nitrogens with one attached hydrogen (secondary N) is 1. The molecule has 8 nitrogen and oxygen atoms in total. The Bertz CT molecular complexity index is 1410. The summed E-state index contributed by atoms with van der Waals surface area (Å²) < 4.78 is 11.1. The van der Waals surface area contributed by atoms with E-state index in [9.17, 15) is 0 Å². The molecule has 0 radical (unpaired) electrons. The van der Waals surface area contributed by atoms with Gasteiger partial charge in [-0.3, -0.25) is 0 Å². The van der Waals surface area contributed by atoms with Gasteiger partial charge in [-0.25, -0.2) is 9.97 Å². The third kappa shape index (κ3) is 4.38. The maximum atomic E-state index is 5.91. The molecule has 0 aliphatic heterocycles. The van der Waals surface area contributed by atoms with Gasteiger partial charge in [0.2, 0.25) is 11.7 Å². The van der Waals surface area contributed by atoms with Crippen molar-refractivity contribution in [2.24, 2.45) is 0 Å². The number of ether oxygens (including phenoxy) is 1. The largest absolute Gasteiger partial charge is 0.497 e. The number of fused-ring (bicyclic) bond motifs is 1. The molecule has 0 amide bonds. The van der Waals surface area contributed by atoms with Crippen molar-refractivity contribution in [1.82, 2.24) is 20.2 Å². The predicted molar refractivity (Wildman–Crippen MR) is 133 cm³/mol. The Morgan fingerprint density at radius 2 is 1.59 bits per heavy atom. The molecule has 0 bridgehead atoms. The molecule has 0 saturated carbocycles. The van der Waals surface area contributed by atoms with Crippen LogP contribution in [0.2, 0.25) is 0 Å². The fraction of sp³-hybridized carbons (Fsp3) is 0.154. The number of para-hydroxylation sites is 1. The second kappa shape index (κ2) is 9.19. The van der Waals surface area contributed by atoms with Gasteiger partial charge >= 0.3 is 0 Å². The minimum atomic E-state index is 0.259. The van der Waals surface area contributed by atoms with Gasteiger partial charge in [0.15, 0.2) is 0 Å². The molecule has 2 heterocycles. The first kappa shape index (κ1) is 21.4. The minimum absolute atomic E-state index is 0.259.